The van der Waals surface area contributed by atoms with Gasteiger partial charge in [-0.1, -0.05) is 6.08 Å². The summed E-state index contributed by atoms with van der Waals surface area (Å²) in [5, 5.41) is 2.14. The van der Waals surface area contributed by atoms with Crippen LogP contribution >= 0.6 is 34.1 Å². The molecule has 4 heteroatoms. The molecule has 3 heterocycles. The van der Waals surface area contributed by atoms with Crippen LogP contribution in [0.5, 0.6) is 0 Å². The van der Waals surface area contributed by atoms with Crippen molar-refractivity contribution in [1.82, 2.24) is 9.27 Å². The Labute approximate surface area is 108 Å². The van der Waals surface area contributed by atoms with Crippen molar-refractivity contribution in [1.29, 1.82) is 0 Å². The van der Waals surface area contributed by atoms with E-state index in [0.717, 1.165) is 6.04 Å². The van der Waals surface area contributed by atoms with Gasteiger partial charge in [0.05, 0.1) is 9.26 Å². The van der Waals surface area contributed by atoms with Crippen molar-refractivity contribution in [2.75, 3.05) is 7.05 Å². The van der Waals surface area contributed by atoms with Crippen molar-refractivity contribution < 1.29 is 0 Å². The first kappa shape index (κ1) is 10.2. The molecular weight excluding hydrogens is 319 g/mol. The molecule has 80 valence electrons. The zero-order valence-corrected chi connectivity index (χ0v) is 11.6. The van der Waals surface area contributed by atoms with Crippen LogP contribution in [0.15, 0.2) is 11.5 Å². The first-order valence-electron chi connectivity index (χ1n) is 5.28. The summed E-state index contributed by atoms with van der Waals surface area (Å²) in [7, 11) is 2.25. The van der Waals surface area contributed by atoms with Gasteiger partial charge >= 0.3 is 0 Å². The van der Waals surface area contributed by atoms with E-state index in [1.165, 1.54) is 34.1 Å². The average molecular weight is 332 g/mol. The molecule has 15 heavy (non-hydrogen) atoms. The van der Waals surface area contributed by atoms with E-state index in [4.69, 9.17) is 0 Å². The van der Waals surface area contributed by atoms with Crippen molar-refractivity contribution in [2.45, 2.75) is 31.3 Å². The lowest BCUT2D eigenvalue weighted by Crippen LogP contribution is -2.34. The smallest absolute Gasteiger partial charge is 0.0931 e. The van der Waals surface area contributed by atoms with Gasteiger partial charge in [-0.2, -0.15) is 4.37 Å². The van der Waals surface area contributed by atoms with Crippen LogP contribution < -0.4 is 0 Å². The summed E-state index contributed by atoms with van der Waals surface area (Å²) >= 11 is 3.96. The number of halogens is 1. The minimum absolute atomic E-state index is 0.663. The number of hydrogen-bond acceptors (Lipinski definition) is 3. The van der Waals surface area contributed by atoms with E-state index in [1.54, 1.807) is 11.5 Å². The van der Waals surface area contributed by atoms with E-state index in [0.29, 0.717) is 6.04 Å². The van der Waals surface area contributed by atoms with E-state index in [2.05, 4.69) is 50.4 Å². The van der Waals surface area contributed by atoms with Crippen LogP contribution in [0, 0.1) is 3.57 Å². The molecule has 1 aromatic rings. The summed E-state index contributed by atoms with van der Waals surface area (Å²) in [6.07, 6.45) is 6.29. The monoisotopic (exact) mass is 332 g/mol. The molecule has 0 aliphatic carbocycles. The fraction of sp³-hybridized carbons (Fsp3) is 0.545. The second-order valence-corrected chi connectivity index (χ2v) is 6.16. The van der Waals surface area contributed by atoms with E-state index >= 15 is 0 Å². The van der Waals surface area contributed by atoms with Crippen LogP contribution in [-0.4, -0.2) is 28.4 Å². The molecule has 2 nitrogen and oxygen atoms in total. The molecule has 0 amide bonds. The first-order chi connectivity index (χ1) is 7.25. The summed E-state index contributed by atoms with van der Waals surface area (Å²) in [5.41, 5.74) is 2.72. The quantitative estimate of drug-likeness (QED) is 0.735. The molecule has 3 rings (SSSR count). The number of hydrogen-bond donors (Lipinski definition) is 0. The summed E-state index contributed by atoms with van der Waals surface area (Å²) in [4.78, 5) is 2.52. The molecule has 2 aliphatic heterocycles. The fourth-order valence-corrected chi connectivity index (χ4v) is 4.20. The average Bonchev–Trinajstić information content (AvgIpc) is 2.70. The Balaban J connectivity index is 1.97. The van der Waals surface area contributed by atoms with Gasteiger partial charge in [0.15, 0.2) is 0 Å². The van der Waals surface area contributed by atoms with Gasteiger partial charge in [0, 0.05) is 17.5 Å². The Morgan fingerprint density at radius 2 is 2.40 bits per heavy atom. The number of aromatic nitrogens is 1. The third kappa shape index (κ3) is 1.66. The van der Waals surface area contributed by atoms with Gasteiger partial charge in [-0.15, -0.1) is 0 Å². The van der Waals surface area contributed by atoms with E-state index < -0.39 is 0 Å². The topological polar surface area (TPSA) is 16.1 Å². The lowest BCUT2D eigenvalue weighted by molar-refractivity contribution is 0.264. The second kappa shape index (κ2) is 3.82. The molecule has 1 aromatic heterocycles. The zero-order chi connectivity index (χ0) is 10.4. The van der Waals surface area contributed by atoms with Crippen LogP contribution in [0.3, 0.4) is 0 Å². The Kier molecular flexibility index (Phi) is 2.60. The van der Waals surface area contributed by atoms with Gasteiger partial charge in [0.1, 0.15) is 0 Å². The van der Waals surface area contributed by atoms with Crippen LogP contribution in [0.25, 0.3) is 5.57 Å². The normalized spacial score (nSPS) is 30.7. The van der Waals surface area contributed by atoms with Gasteiger partial charge < -0.3 is 0 Å². The van der Waals surface area contributed by atoms with Crippen LogP contribution in [-0.2, 0) is 0 Å². The maximum atomic E-state index is 4.51. The minimum atomic E-state index is 0.663. The standard InChI is InChI=1S/C11H13IN2S/c1-14-8-2-3-9(14)5-7(4-8)11-10(12)6-15-13-11/h4,6,8-9H,2-3,5H2,1H3. The number of likely N-dealkylation sites (N-methyl/N-ethyl adjacent to an activating group) is 1. The molecular formula is C11H13IN2S. The lowest BCUT2D eigenvalue weighted by Gasteiger charge is -2.29. The molecule has 2 atom stereocenters. The molecule has 1 saturated heterocycles. The van der Waals surface area contributed by atoms with Crippen molar-refractivity contribution >= 4 is 39.7 Å². The molecule has 0 spiro atoms. The molecule has 0 N–H and O–H groups in total. The molecule has 0 radical (unpaired) electrons. The molecule has 1 fully saturated rings. The van der Waals surface area contributed by atoms with Gasteiger partial charge in [-0.25, -0.2) is 0 Å². The van der Waals surface area contributed by atoms with Crippen LogP contribution in [0.1, 0.15) is 25.0 Å². The minimum Gasteiger partial charge on any atom is -0.297 e. The van der Waals surface area contributed by atoms with Crippen molar-refractivity contribution in [3.8, 4) is 0 Å². The van der Waals surface area contributed by atoms with Crippen LogP contribution in [0.2, 0.25) is 0 Å². The Hall–Kier alpha value is 0.0600. The molecule has 2 aliphatic rings. The highest BCUT2D eigenvalue weighted by Crippen LogP contribution is 2.38. The van der Waals surface area contributed by atoms with Crippen molar-refractivity contribution in [2.24, 2.45) is 0 Å². The van der Waals surface area contributed by atoms with E-state index in [1.807, 2.05) is 0 Å². The number of fused-ring (bicyclic) bond motifs is 2. The van der Waals surface area contributed by atoms with Gasteiger partial charge in [0.2, 0.25) is 0 Å². The van der Waals surface area contributed by atoms with Gasteiger partial charge in [-0.3, -0.25) is 4.90 Å². The number of nitrogens with zero attached hydrogens (tertiary/aromatic N) is 2. The van der Waals surface area contributed by atoms with Crippen molar-refractivity contribution in [3.63, 3.8) is 0 Å². The highest BCUT2D eigenvalue weighted by molar-refractivity contribution is 14.1. The fourth-order valence-electron chi connectivity index (χ4n) is 2.65. The second-order valence-electron chi connectivity index (χ2n) is 4.37. The molecule has 0 saturated carbocycles. The third-order valence-corrected chi connectivity index (χ3v) is 5.45. The predicted octanol–water partition coefficient (Wildman–Crippen LogP) is 3.00. The highest BCUT2D eigenvalue weighted by Gasteiger charge is 2.34. The summed E-state index contributed by atoms with van der Waals surface area (Å²) < 4.78 is 5.82. The SMILES string of the molecule is CN1C2C=C(c3nscc3I)CC1CC2. The first-order valence-corrected chi connectivity index (χ1v) is 7.20. The van der Waals surface area contributed by atoms with Crippen molar-refractivity contribution in [3.05, 3.63) is 20.7 Å². The van der Waals surface area contributed by atoms with E-state index in [9.17, 15) is 0 Å². The maximum Gasteiger partial charge on any atom is 0.0931 e. The lowest BCUT2D eigenvalue weighted by atomic mass is 9.99. The number of rotatable bonds is 1. The Morgan fingerprint density at radius 1 is 1.53 bits per heavy atom. The highest BCUT2D eigenvalue weighted by atomic mass is 127. The molecule has 0 aromatic carbocycles. The third-order valence-electron chi connectivity index (χ3n) is 3.57. The van der Waals surface area contributed by atoms with E-state index in [-0.39, 0.29) is 0 Å². The van der Waals surface area contributed by atoms with Gasteiger partial charge in [0.25, 0.3) is 0 Å². The zero-order valence-electron chi connectivity index (χ0n) is 8.61. The predicted molar refractivity (Wildman–Crippen MR) is 72.0 cm³/mol. The summed E-state index contributed by atoms with van der Waals surface area (Å²) in [5.74, 6) is 0. The Morgan fingerprint density at radius 3 is 3.07 bits per heavy atom. The Bertz CT molecular complexity index is 412. The molecule has 2 bridgehead atoms. The molecule has 2 unspecified atom stereocenters. The summed E-state index contributed by atoms with van der Waals surface area (Å²) in [6, 6.07) is 1.42. The maximum absolute atomic E-state index is 4.51. The van der Waals surface area contributed by atoms with Gasteiger partial charge in [-0.05, 0) is 66.0 Å². The van der Waals surface area contributed by atoms with Crippen LogP contribution in [0.4, 0.5) is 0 Å². The largest absolute Gasteiger partial charge is 0.297 e. The summed E-state index contributed by atoms with van der Waals surface area (Å²) in [6.45, 7) is 0.